The zero-order valence-electron chi connectivity index (χ0n) is 14.0. The number of likely N-dealkylation sites (tertiary alicyclic amines) is 1. The predicted octanol–water partition coefficient (Wildman–Crippen LogP) is 3.96. The van der Waals surface area contributed by atoms with Crippen LogP contribution < -0.4 is 5.73 Å². The third-order valence-electron chi connectivity index (χ3n) is 4.61. The molecule has 0 saturated carbocycles. The summed E-state index contributed by atoms with van der Waals surface area (Å²) in [5, 5.41) is 0. The van der Waals surface area contributed by atoms with Gasteiger partial charge in [-0.2, -0.15) is 0 Å². The number of carbonyl (C=O) groups excluding carboxylic acids is 1. The number of amides is 1. The maximum atomic E-state index is 12.7. The third-order valence-corrected chi connectivity index (χ3v) is 4.61. The molecule has 1 aromatic carbocycles. The van der Waals surface area contributed by atoms with Gasteiger partial charge in [0.05, 0.1) is 0 Å². The summed E-state index contributed by atoms with van der Waals surface area (Å²) >= 11 is 0. The van der Waals surface area contributed by atoms with E-state index < -0.39 is 0 Å². The summed E-state index contributed by atoms with van der Waals surface area (Å²) in [6.45, 7) is 7.95. The fraction of sp³-hybridized carbons (Fsp3) is 0.421. The highest BCUT2D eigenvalue weighted by atomic mass is 16.4. The molecule has 122 valence electrons. The van der Waals surface area contributed by atoms with Crippen molar-refractivity contribution in [1.29, 1.82) is 0 Å². The Bertz CT molecular complexity index is 710. The van der Waals surface area contributed by atoms with Crippen LogP contribution in [-0.2, 0) is 0 Å². The summed E-state index contributed by atoms with van der Waals surface area (Å²) in [5.41, 5.74) is 8.59. The molecule has 0 bridgehead atoms. The molecule has 2 N–H and O–H groups in total. The number of nitrogens with zero attached hydrogens (tertiary/aromatic N) is 1. The van der Waals surface area contributed by atoms with Crippen molar-refractivity contribution >= 4 is 11.6 Å². The smallest absolute Gasteiger partial charge is 0.289 e. The number of rotatable bonds is 2. The zero-order valence-corrected chi connectivity index (χ0v) is 14.0. The van der Waals surface area contributed by atoms with Crippen LogP contribution >= 0.6 is 0 Å². The Balaban J connectivity index is 1.84. The number of piperidine rings is 1. The van der Waals surface area contributed by atoms with Gasteiger partial charge in [0.15, 0.2) is 5.76 Å². The van der Waals surface area contributed by atoms with Crippen LogP contribution in [0.3, 0.4) is 0 Å². The summed E-state index contributed by atoms with van der Waals surface area (Å²) in [6.07, 6.45) is 1.18. The molecule has 2 aromatic rings. The third kappa shape index (κ3) is 3.11. The Hall–Kier alpha value is -2.23. The highest BCUT2D eigenvalue weighted by molar-refractivity contribution is 5.92. The second-order valence-electron chi connectivity index (χ2n) is 6.84. The van der Waals surface area contributed by atoms with Crippen LogP contribution in [0.1, 0.15) is 36.4 Å². The number of hydrogen-bond acceptors (Lipinski definition) is 3. The minimum Gasteiger partial charge on any atom is -0.451 e. The van der Waals surface area contributed by atoms with Gasteiger partial charge in [-0.25, -0.2) is 0 Å². The van der Waals surface area contributed by atoms with E-state index in [0.29, 0.717) is 23.4 Å². The molecule has 2 unspecified atom stereocenters. The van der Waals surface area contributed by atoms with Gasteiger partial charge in [-0.1, -0.05) is 26.0 Å². The Morgan fingerprint density at radius 3 is 2.57 bits per heavy atom. The molecular formula is C19H24N2O2. The minimum atomic E-state index is -0.0174. The zero-order chi connectivity index (χ0) is 16.6. The Morgan fingerprint density at radius 2 is 1.87 bits per heavy atom. The fourth-order valence-corrected chi connectivity index (χ4v) is 3.50. The first-order valence-corrected chi connectivity index (χ1v) is 8.20. The molecule has 2 atom stereocenters. The van der Waals surface area contributed by atoms with E-state index in [9.17, 15) is 4.79 Å². The van der Waals surface area contributed by atoms with Crippen LogP contribution in [-0.4, -0.2) is 23.9 Å². The average Bonchev–Trinajstić information content (AvgIpc) is 2.98. The Kier molecular flexibility index (Phi) is 4.16. The lowest BCUT2D eigenvalue weighted by Gasteiger charge is -2.34. The Morgan fingerprint density at radius 1 is 1.17 bits per heavy atom. The maximum Gasteiger partial charge on any atom is 0.289 e. The van der Waals surface area contributed by atoms with Gasteiger partial charge in [-0.3, -0.25) is 4.79 Å². The number of furan rings is 1. The minimum absolute atomic E-state index is 0.0174. The second kappa shape index (κ2) is 6.11. The normalized spacial score (nSPS) is 21.4. The quantitative estimate of drug-likeness (QED) is 0.854. The largest absolute Gasteiger partial charge is 0.451 e. The molecule has 0 spiro atoms. The van der Waals surface area contributed by atoms with Crippen molar-refractivity contribution in [2.45, 2.75) is 27.2 Å². The monoisotopic (exact) mass is 312 g/mol. The number of anilines is 1. The molecule has 0 radical (unpaired) electrons. The number of hydrogen-bond donors (Lipinski definition) is 1. The van der Waals surface area contributed by atoms with Gasteiger partial charge in [0, 0.05) is 24.3 Å². The van der Waals surface area contributed by atoms with Crippen molar-refractivity contribution in [2.24, 2.45) is 11.8 Å². The number of nitrogens with two attached hydrogens (primary N) is 1. The van der Waals surface area contributed by atoms with E-state index in [1.54, 1.807) is 6.07 Å². The van der Waals surface area contributed by atoms with Crippen molar-refractivity contribution in [3.8, 4) is 11.3 Å². The van der Waals surface area contributed by atoms with Crippen molar-refractivity contribution in [1.82, 2.24) is 4.90 Å². The first-order valence-electron chi connectivity index (χ1n) is 8.20. The first-order chi connectivity index (χ1) is 11.0. The van der Waals surface area contributed by atoms with Crippen LogP contribution in [0.25, 0.3) is 11.3 Å². The lowest BCUT2D eigenvalue weighted by Crippen LogP contribution is -2.42. The van der Waals surface area contributed by atoms with Crippen LogP contribution in [0.15, 0.2) is 34.7 Å². The summed E-state index contributed by atoms with van der Waals surface area (Å²) in [7, 11) is 0. The molecule has 1 aromatic heterocycles. The number of benzene rings is 1. The van der Waals surface area contributed by atoms with E-state index in [1.165, 1.54) is 6.42 Å². The van der Waals surface area contributed by atoms with E-state index in [4.69, 9.17) is 10.2 Å². The van der Waals surface area contributed by atoms with Gasteiger partial charge in [-0.15, -0.1) is 0 Å². The van der Waals surface area contributed by atoms with Crippen LogP contribution in [0.2, 0.25) is 0 Å². The number of carbonyl (C=O) groups is 1. The van der Waals surface area contributed by atoms with E-state index in [-0.39, 0.29) is 5.91 Å². The lowest BCUT2D eigenvalue weighted by molar-refractivity contribution is 0.0592. The van der Waals surface area contributed by atoms with E-state index in [2.05, 4.69) is 13.8 Å². The molecular weight excluding hydrogens is 288 g/mol. The topological polar surface area (TPSA) is 59.5 Å². The Labute approximate surface area is 137 Å². The summed E-state index contributed by atoms with van der Waals surface area (Å²) in [5.74, 6) is 2.15. The van der Waals surface area contributed by atoms with E-state index in [1.807, 2.05) is 36.1 Å². The molecule has 1 amide bonds. The van der Waals surface area contributed by atoms with E-state index in [0.717, 1.165) is 29.9 Å². The molecule has 4 heteroatoms. The molecule has 23 heavy (non-hydrogen) atoms. The average molecular weight is 312 g/mol. The van der Waals surface area contributed by atoms with E-state index >= 15 is 0 Å². The van der Waals surface area contributed by atoms with Crippen LogP contribution in [0.4, 0.5) is 5.69 Å². The summed E-state index contributed by atoms with van der Waals surface area (Å²) in [4.78, 5) is 14.6. The van der Waals surface area contributed by atoms with Crippen LogP contribution in [0.5, 0.6) is 0 Å². The van der Waals surface area contributed by atoms with Crippen molar-refractivity contribution in [3.05, 3.63) is 41.7 Å². The van der Waals surface area contributed by atoms with Gasteiger partial charge < -0.3 is 15.1 Å². The van der Waals surface area contributed by atoms with Crippen molar-refractivity contribution in [2.75, 3.05) is 18.8 Å². The molecule has 1 aliphatic rings. The van der Waals surface area contributed by atoms with Gasteiger partial charge in [-0.05, 0) is 48.9 Å². The predicted molar refractivity (Wildman–Crippen MR) is 92.1 cm³/mol. The molecule has 4 nitrogen and oxygen atoms in total. The fourth-order valence-electron chi connectivity index (χ4n) is 3.50. The lowest BCUT2D eigenvalue weighted by atomic mass is 9.92. The van der Waals surface area contributed by atoms with Crippen LogP contribution in [0, 0.1) is 18.8 Å². The van der Waals surface area contributed by atoms with Crippen molar-refractivity contribution in [3.63, 3.8) is 0 Å². The number of nitrogen functional groups attached to an aromatic ring is 1. The molecule has 1 saturated heterocycles. The molecule has 1 fully saturated rings. The standard InChI is InChI=1S/C19H24N2O2/c1-12-9-13(2)11-21(10-12)19(22)18-8-7-17(23-18)15-5-4-6-16(20)14(15)3/h4-8,12-13H,9-11,20H2,1-3H3. The molecule has 0 aliphatic carbocycles. The second-order valence-corrected chi connectivity index (χ2v) is 6.84. The SMILES string of the molecule is Cc1c(N)cccc1-c1ccc(C(=O)N2CC(C)CC(C)C2)o1. The molecule has 2 heterocycles. The van der Waals surface area contributed by atoms with Crippen molar-refractivity contribution < 1.29 is 9.21 Å². The van der Waals surface area contributed by atoms with Gasteiger partial charge in [0.1, 0.15) is 5.76 Å². The summed E-state index contributed by atoms with van der Waals surface area (Å²) < 4.78 is 5.84. The van der Waals surface area contributed by atoms with Gasteiger partial charge >= 0.3 is 0 Å². The highest BCUT2D eigenvalue weighted by Gasteiger charge is 2.27. The maximum absolute atomic E-state index is 12.7. The highest BCUT2D eigenvalue weighted by Crippen LogP contribution is 2.30. The summed E-state index contributed by atoms with van der Waals surface area (Å²) in [6, 6.07) is 9.35. The van der Waals surface area contributed by atoms with Gasteiger partial charge in [0.2, 0.25) is 0 Å². The molecule has 1 aliphatic heterocycles. The van der Waals surface area contributed by atoms with Gasteiger partial charge in [0.25, 0.3) is 5.91 Å². The first kappa shape index (κ1) is 15.7. The molecule has 3 rings (SSSR count).